The summed E-state index contributed by atoms with van der Waals surface area (Å²) in [4.78, 5) is 27.5. The summed E-state index contributed by atoms with van der Waals surface area (Å²) in [6, 6.07) is 5.10. The fraction of sp³-hybridized carbons (Fsp3) is 0.273. The molecule has 6 heteroatoms. The number of nitrogens with zero attached hydrogens (tertiary/aromatic N) is 1. The van der Waals surface area contributed by atoms with Crippen molar-refractivity contribution < 1.29 is 4.79 Å². The van der Waals surface area contributed by atoms with E-state index < -0.39 is 0 Å². The van der Waals surface area contributed by atoms with Gasteiger partial charge in [-0.05, 0) is 12.1 Å². The van der Waals surface area contributed by atoms with E-state index in [0.29, 0.717) is 18.8 Å². The summed E-state index contributed by atoms with van der Waals surface area (Å²) < 4.78 is 0. The molecule has 1 saturated heterocycles. The molecule has 6 nitrogen and oxygen atoms in total. The summed E-state index contributed by atoms with van der Waals surface area (Å²) in [5.74, 6) is 0.233. The largest absolute Gasteiger partial charge is 0.357 e. The first-order valence-corrected chi connectivity index (χ1v) is 5.44. The minimum Gasteiger partial charge on any atom is -0.357 e. The van der Waals surface area contributed by atoms with E-state index in [1.165, 1.54) is 0 Å². The van der Waals surface area contributed by atoms with Crippen LogP contribution in [-0.4, -0.2) is 39.1 Å². The second-order valence-electron chi connectivity index (χ2n) is 4.20. The smallest absolute Gasteiger partial charge is 0.270 e. The second-order valence-corrected chi connectivity index (χ2v) is 4.20. The first-order valence-electron chi connectivity index (χ1n) is 5.44. The molecule has 88 valence electrons. The van der Waals surface area contributed by atoms with Gasteiger partial charge in [-0.3, -0.25) is 14.7 Å². The van der Waals surface area contributed by atoms with Gasteiger partial charge in [0.2, 0.25) is 0 Å². The first kappa shape index (κ1) is 9.95. The van der Waals surface area contributed by atoms with Gasteiger partial charge in [0, 0.05) is 37.0 Å². The molecular weight excluding hydrogens is 220 g/mol. The number of hydrogen-bond acceptors (Lipinski definition) is 2. The van der Waals surface area contributed by atoms with Crippen molar-refractivity contribution in [3.05, 3.63) is 46.1 Å². The molecule has 1 amide bonds. The molecule has 0 aliphatic carbocycles. The number of likely N-dealkylation sites (tertiary alicyclic amines) is 1. The van der Waals surface area contributed by atoms with Crippen LogP contribution in [0, 0.1) is 0 Å². The number of H-pyrrole nitrogens is 3. The van der Waals surface area contributed by atoms with E-state index >= 15 is 0 Å². The van der Waals surface area contributed by atoms with Crippen molar-refractivity contribution in [3.63, 3.8) is 0 Å². The van der Waals surface area contributed by atoms with Gasteiger partial charge >= 0.3 is 0 Å². The zero-order valence-electron chi connectivity index (χ0n) is 9.06. The molecule has 0 spiro atoms. The lowest BCUT2D eigenvalue weighted by Crippen LogP contribution is -2.48. The maximum absolute atomic E-state index is 11.9. The highest BCUT2D eigenvalue weighted by molar-refractivity contribution is 5.93. The van der Waals surface area contributed by atoms with Crippen molar-refractivity contribution in [2.45, 2.75) is 5.92 Å². The van der Waals surface area contributed by atoms with E-state index in [4.69, 9.17) is 0 Å². The lowest BCUT2D eigenvalue weighted by atomic mass is 9.96. The van der Waals surface area contributed by atoms with Crippen LogP contribution in [0.5, 0.6) is 0 Å². The summed E-state index contributed by atoms with van der Waals surface area (Å²) in [5, 5.41) is 5.32. The van der Waals surface area contributed by atoms with Gasteiger partial charge in [0.25, 0.3) is 11.5 Å². The van der Waals surface area contributed by atoms with Crippen molar-refractivity contribution in [1.29, 1.82) is 0 Å². The van der Waals surface area contributed by atoms with E-state index in [1.54, 1.807) is 29.3 Å². The average Bonchev–Trinajstić information content (AvgIpc) is 2.86. The van der Waals surface area contributed by atoms with Gasteiger partial charge in [0.05, 0.1) is 0 Å². The number of nitrogens with one attached hydrogen (secondary N) is 3. The fourth-order valence-corrected chi connectivity index (χ4v) is 2.04. The van der Waals surface area contributed by atoms with E-state index in [9.17, 15) is 9.59 Å². The van der Waals surface area contributed by atoms with Gasteiger partial charge in [-0.1, -0.05) is 0 Å². The van der Waals surface area contributed by atoms with Gasteiger partial charge in [0.1, 0.15) is 5.69 Å². The molecule has 1 aliphatic rings. The molecule has 17 heavy (non-hydrogen) atoms. The fourth-order valence-electron chi connectivity index (χ4n) is 2.04. The molecule has 2 aromatic heterocycles. The third-order valence-corrected chi connectivity index (χ3v) is 3.05. The Morgan fingerprint density at radius 1 is 1.35 bits per heavy atom. The molecule has 0 radical (unpaired) electrons. The van der Waals surface area contributed by atoms with Crippen LogP contribution in [0.3, 0.4) is 0 Å². The third-order valence-electron chi connectivity index (χ3n) is 3.05. The SMILES string of the molecule is O=C(c1ccc[nH]1)N1CC(c2cc(=O)[nH][nH]2)C1. The normalized spacial score (nSPS) is 15.9. The molecular formula is C11H12N4O2. The van der Waals surface area contributed by atoms with E-state index in [0.717, 1.165) is 5.69 Å². The summed E-state index contributed by atoms with van der Waals surface area (Å²) in [7, 11) is 0. The average molecular weight is 232 g/mol. The van der Waals surface area contributed by atoms with Crippen molar-refractivity contribution in [2.75, 3.05) is 13.1 Å². The minimum atomic E-state index is -0.130. The molecule has 3 N–H and O–H groups in total. The van der Waals surface area contributed by atoms with E-state index in [-0.39, 0.29) is 17.4 Å². The van der Waals surface area contributed by atoms with Crippen LogP contribution in [0.4, 0.5) is 0 Å². The molecule has 1 fully saturated rings. The summed E-state index contributed by atoms with van der Waals surface area (Å²) in [6.07, 6.45) is 1.73. The molecule has 1 aliphatic heterocycles. The van der Waals surface area contributed by atoms with Crippen LogP contribution < -0.4 is 5.56 Å². The number of carbonyl (C=O) groups excluding carboxylic acids is 1. The van der Waals surface area contributed by atoms with Crippen LogP contribution in [0.15, 0.2) is 29.2 Å². The standard InChI is InChI=1S/C11H12N4O2/c16-10-4-9(13-14-10)7-5-15(6-7)11(17)8-2-1-3-12-8/h1-4,7,12H,5-6H2,(H2,13,14,16). The maximum atomic E-state index is 11.9. The molecule has 0 unspecified atom stereocenters. The van der Waals surface area contributed by atoms with Gasteiger partial charge in [0.15, 0.2) is 0 Å². The van der Waals surface area contributed by atoms with Crippen molar-refractivity contribution in [3.8, 4) is 0 Å². The van der Waals surface area contributed by atoms with Gasteiger partial charge in [-0.25, -0.2) is 0 Å². The third kappa shape index (κ3) is 1.67. The summed E-state index contributed by atoms with van der Waals surface area (Å²) >= 11 is 0. The summed E-state index contributed by atoms with van der Waals surface area (Å²) in [5.41, 5.74) is 1.34. The predicted octanol–water partition coefficient (Wildman–Crippen LogP) is 0.271. The zero-order chi connectivity index (χ0) is 11.8. The lowest BCUT2D eigenvalue weighted by Gasteiger charge is -2.38. The highest BCUT2D eigenvalue weighted by Gasteiger charge is 2.33. The van der Waals surface area contributed by atoms with Crippen molar-refractivity contribution >= 4 is 5.91 Å². The molecule has 0 bridgehead atoms. The molecule has 3 heterocycles. The monoisotopic (exact) mass is 232 g/mol. The molecule has 0 aromatic carbocycles. The predicted molar refractivity (Wildman–Crippen MR) is 60.9 cm³/mol. The summed E-state index contributed by atoms with van der Waals surface area (Å²) in [6.45, 7) is 1.29. The number of amides is 1. The molecule has 3 rings (SSSR count). The van der Waals surface area contributed by atoms with Gasteiger partial charge in [-0.2, -0.15) is 0 Å². The molecule has 0 atom stereocenters. The lowest BCUT2D eigenvalue weighted by molar-refractivity contribution is 0.0593. The van der Waals surface area contributed by atoms with Gasteiger partial charge < -0.3 is 15.0 Å². The van der Waals surface area contributed by atoms with Crippen molar-refractivity contribution in [1.82, 2.24) is 20.1 Å². The quantitative estimate of drug-likeness (QED) is 0.694. The Morgan fingerprint density at radius 3 is 2.76 bits per heavy atom. The van der Waals surface area contributed by atoms with Crippen LogP contribution in [0.1, 0.15) is 22.1 Å². The van der Waals surface area contributed by atoms with Crippen LogP contribution in [0.2, 0.25) is 0 Å². The topological polar surface area (TPSA) is 84.8 Å². The number of carbonyl (C=O) groups is 1. The first-order chi connectivity index (χ1) is 8.24. The Kier molecular flexibility index (Phi) is 2.14. The van der Waals surface area contributed by atoms with Crippen LogP contribution in [0.25, 0.3) is 0 Å². The Morgan fingerprint density at radius 2 is 2.18 bits per heavy atom. The number of hydrogen-bond donors (Lipinski definition) is 3. The second kappa shape index (κ2) is 3.65. The van der Waals surface area contributed by atoms with Crippen molar-refractivity contribution in [2.24, 2.45) is 0 Å². The Labute approximate surface area is 96.6 Å². The Balaban J connectivity index is 1.65. The number of rotatable bonds is 2. The maximum Gasteiger partial charge on any atom is 0.270 e. The molecule has 0 saturated carbocycles. The Hall–Kier alpha value is -2.24. The Bertz CT molecular complexity index is 575. The highest BCUT2D eigenvalue weighted by atomic mass is 16.2. The number of aromatic nitrogens is 3. The zero-order valence-corrected chi connectivity index (χ0v) is 9.06. The van der Waals surface area contributed by atoms with E-state index in [2.05, 4.69) is 15.2 Å². The minimum absolute atomic E-state index is 0.00383. The molecule has 2 aromatic rings. The number of aromatic amines is 3. The van der Waals surface area contributed by atoms with Gasteiger partial charge in [-0.15, -0.1) is 0 Å². The highest BCUT2D eigenvalue weighted by Crippen LogP contribution is 2.25. The van der Waals surface area contributed by atoms with Crippen LogP contribution >= 0.6 is 0 Å². The van der Waals surface area contributed by atoms with E-state index in [1.807, 2.05) is 0 Å². The van der Waals surface area contributed by atoms with Crippen LogP contribution in [-0.2, 0) is 0 Å².